The van der Waals surface area contributed by atoms with E-state index in [1.54, 1.807) is 21.6 Å². The molecule has 0 radical (unpaired) electrons. The molecule has 0 N–H and O–H groups in total. The Morgan fingerprint density at radius 3 is 1.93 bits per heavy atom. The summed E-state index contributed by atoms with van der Waals surface area (Å²) in [6.45, 7) is 10.3. The first kappa shape index (κ1) is 14.6. The van der Waals surface area contributed by atoms with Crippen molar-refractivity contribution >= 4 is 21.6 Å². The van der Waals surface area contributed by atoms with E-state index in [1.165, 1.54) is 0 Å². The number of halogens is 2. The number of hydrogen-bond acceptors (Lipinski definition) is 2. The highest BCUT2D eigenvalue weighted by Gasteiger charge is 2.22. The zero-order chi connectivity index (χ0) is 11.4. The van der Waals surface area contributed by atoms with Gasteiger partial charge in [-0.1, -0.05) is 56.2 Å². The second kappa shape index (κ2) is 6.21. The van der Waals surface area contributed by atoms with E-state index in [0.29, 0.717) is 5.92 Å². The largest absolute Gasteiger partial charge is 0.239 e. The molecule has 4 heteroatoms. The van der Waals surface area contributed by atoms with Gasteiger partial charge in [0.05, 0.1) is 0 Å². The Hall–Kier alpha value is 0.560. The zero-order valence-corrected chi connectivity index (χ0v) is 11.1. The second-order valence-electron chi connectivity index (χ2n) is 4.70. The van der Waals surface area contributed by atoms with Crippen LogP contribution in [0.2, 0.25) is 0 Å². The van der Waals surface area contributed by atoms with Crippen molar-refractivity contribution in [2.45, 2.75) is 57.5 Å². The molecule has 0 rings (SSSR count). The van der Waals surface area contributed by atoms with E-state index in [2.05, 4.69) is 20.8 Å². The van der Waals surface area contributed by atoms with Crippen molar-refractivity contribution in [2.24, 2.45) is 5.92 Å². The topological polar surface area (TPSA) is 0 Å². The highest BCUT2D eigenvalue weighted by Crippen LogP contribution is 2.41. The SMILES string of the molecule is CC(C)[C@@H](CC(F)F)SSC(C)(C)C. The van der Waals surface area contributed by atoms with Crippen LogP contribution in [0, 0.1) is 5.92 Å². The van der Waals surface area contributed by atoms with E-state index in [0.717, 1.165) is 0 Å². The van der Waals surface area contributed by atoms with Crippen LogP contribution in [-0.2, 0) is 0 Å². The summed E-state index contributed by atoms with van der Waals surface area (Å²) in [4.78, 5) is 0. The first-order valence-electron chi connectivity index (χ1n) is 4.85. The average molecular weight is 242 g/mol. The maximum Gasteiger partial charge on any atom is 0.239 e. The van der Waals surface area contributed by atoms with Crippen molar-refractivity contribution in [3.8, 4) is 0 Å². The number of rotatable bonds is 5. The van der Waals surface area contributed by atoms with E-state index in [9.17, 15) is 8.78 Å². The predicted molar refractivity (Wildman–Crippen MR) is 64.2 cm³/mol. The highest BCUT2D eigenvalue weighted by atomic mass is 33.1. The summed E-state index contributed by atoms with van der Waals surface area (Å²) in [6.07, 6.45) is -2.18. The lowest BCUT2D eigenvalue weighted by Crippen LogP contribution is -2.16. The smallest absolute Gasteiger partial charge is 0.210 e. The number of hydrogen-bond donors (Lipinski definition) is 0. The molecule has 0 aliphatic rings. The van der Waals surface area contributed by atoms with Crippen LogP contribution in [0.15, 0.2) is 0 Å². The minimum atomic E-state index is -2.18. The van der Waals surface area contributed by atoms with Gasteiger partial charge in [0.25, 0.3) is 0 Å². The molecule has 0 aliphatic carbocycles. The van der Waals surface area contributed by atoms with E-state index >= 15 is 0 Å². The van der Waals surface area contributed by atoms with Gasteiger partial charge >= 0.3 is 0 Å². The Kier molecular flexibility index (Phi) is 6.46. The summed E-state index contributed by atoms with van der Waals surface area (Å²) < 4.78 is 24.6. The Morgan fingerprint density at radius 1 is 1.14 bits per heavy atom. The van der Waals surface area contributed by atoms with Crippen molar-refractivity contribution < 1.29 is 8.78 Å². The molecule has 0 saturated carbocycles. The molecule has 0 saturated heterocycles. The van der Waals surface area contributed by atoms with Crippen molar-refractivity contribution in [3.63, 3.8) is 0 Å². The molecule has 0 nitrogen and oxygen atoms in total. The van der Waals surface area contributed by atoms with Gasteiger partial charge in [0.1, 0.15) is 0 Å². The van der Waals surface area contributed by atoms with Gasteiger partial charge in [0.15, 0.2) is 0 Å². The third-order valence-corrected chi connectivity index (χ3v) is 5.69. The maximum atomic E-state index is 12.2. The summed E-state index contributed by atoms with van der Waals surface area (Å²) in [5.74, 6) is 0.309. The summed E-state index contributed by atoms with van der Waals surface area (Å²) >= 11 is 0. The van der Waals surface area contributed by atoms with Gasteiger partial charge in [-0.05, 0) is 5.92 Å². The van der Waals surface area contributed by atoms with Crippen LogP contribution < -0.4 is 0 Å². The Balaban J connectivity index is 3.98. The van der Waals surface area contributed by atoms with Crippen molar-refractivity contribution in [1.29, 1.82) is 0 Å². The van der Waals surface area contributed by atoms with Crippen LogP contribution in [0.25, 0.3) is 0 Å². The molecule has 1 atom stereocenters. The van der Waals surface area contributed by atoms with Gasteiger partial charge in [-0.15, -0.1) is 0 Å². The van der Waals surface area contributed by atoms with Gasteiger partial charge in [0.2, 0.25) is 6.43 Å². The van der Waals surface area contributed by atoms with Crippen LogP contribution in [0.4, 0.5) is 8.78 Å². The van der Waals surface area contributed by atoms with E-state index < -0.39 is 6.43 Å². The Morgan fingerprint density at radius 2 is 1.64 bits per heavy atom. The Labute approximate surface area is 94.0 Å². The molecule has 0 bridgehead atoms. The summed E-state index contributed by atoms with van der Waals surface area (Å²) in [5.41, 5.74) is 0. The second-order valence-corrected chi connectivity index (χ2v) is 7.97. The van der Waals surface area contributed by atoms with Gasteiger partial charge in [-0.3, -0.25) is 0 Å². The summed E-state index contributed by atoms with van der Waals surface area (Å²) in [6, 6.07) is 0. The van der Waals surface area contributed by atoms with Crippen molar-refractivity contribution in [1.82, 2.24) is 0 Å². The molecule has 0 spiro atoms. The first-order chi connectivity index (χ1) is 6.22. The van der Waals surface area contributed by atoms with Gasteiger partial charge < -0.3 is 0 Å². The molecule has 0 aromatic rings. The Bertz CT molecular complexity index is 153. The summed E-state index contributed by atoms with van der Waals surface area (Å²) in [7, 11) is 3.30. The van der Waals surface area contributed by atoms with Crippen LogP contribution in [0.3, 0.4) is 0 Å². The lowest BCUT2D eigenvalue weighted by molar-refractivity contribution is 0.132. The van der Waals surface area contributed by atoms with E-state index in [-0.39, 0.29) is 16.4 Å². The molecular formula is C10H20F2S2. The van der Waals surface area contributed by atoms with Gasteiger partial charge in [0, 0.05) is 16.4 Å². The van der Waals surface area contributed by atoms with Crippen molar-refractivity contribution in [3.05, 3.63) is 0 Å². The van der Waals surface area contributed by atoms with Gasteiger partial charge in [-0.25, -0.2) is 8.78 Å². The molecule has 0 aromatic carbocycles. The molecule has 0 unspecified atom stereocenters. The standard InChI is InChI=1S/C10H20F2S2/c1-7(2)8(6-9(11)12)13-14-10(3,4)5/h7-9H,6H2,1-5H3/t8-/m1/s1. The number of alkyl halides is 2. The first-order valence-corrected chi connectivity index (χ1v) is 7.06. The van der Waals surface area contributed by atoms with Crippen LogP contribution in [0.1, 0.15) is 41.0 Å². The highest BCUT2D eigenvalue weighted by molar-refractivity contribution is 8.77. The quantitative estimate of drug-likeness (QED) is 0.632. The molecular weight excluding hydrogens is 222 g/mol. The lowest BCUT2D eigenvalue weighted by atomic mass is 10.1. The molecule has 14 heavy (non-hydrogen) atoms. The predicted octanol–water partition coefficient (Wildman–Crippen LogP) is 4.85. The molecule has 0 fully saturated rings. The monoisotopic (exact) mass is 242 g/mol. The van der Waals surface area contributed by atoms with E-state index in [4.69, 9.17) is 0 Å². The lowest BCUT2D eigenvalue weighted by Gasteiger charge is -2.24. The van der Waals surface area contributed by atoms with Crippen LogP contribution in [0.5, 0.6) is 0 Å². The fraction of sp³-hybridized carbons (Fsp3) is 1.00. The minimum Gasteiger partial charge on any atom is -0.210 e. The third kappa shape index (κ3) is 7.92. The molecule has 0 aromatic heterocycles. The molecule has 0 heterocycles. The van der Waals surface area contributed by atoms with E-state index in [1.807, 2.05) is 13.8 Å². The minimum absolute atomic E-state index is 0.00537. The zero-order valence-electron chi connectivity index (χ0n) is 9.51. The van der Waals surface area contributed by atoms with Crippen LogP contribution >= 0.6 is 21.6 Å². The van der Waals surface area contributed by atoms with Gasteiger partial charge in [-0.2, -0.15) is 0 Å². The molecule has 0 aliphatic heterocycles. The summed E-state index contributed by atoms with van der Waals surface area (Å²) in [5, 5.41) is 0.0548. The average Bonchev–Trinajstić information content (AvgIpc) is 1.94. The maximum absolute atomic E-state index is 12.2. The van der Waals surface area contributed by atoms with Crippen LogP contribution in [-0.4, -0.2) is 16.4 Å². The third-order valence-electron chi connectivity index (χ3n) is 1.58. The fourth-order valence-electron chi connectivity index (χ4n) is 0.804. The molecule has 0 amide bonds. The molecule has 86 valence electrons. The normalized spacial score (nSPS) is 15.2. The fourth-order valence-corrected chi connectivity index (χ4v) is 3.80. The van der Waals surface area contributed by atoms with Crippen molar-refractivity contribution in [2.75, 3.05) is 0 Å².